The molecule has 1 unspecified atom stereocenters. The molecule has 1 aromatic heterocycles. The number of hydrogen-bond acceptors (Lipinski definition) is 4. The van der Waals surface area contributed by atoms with Crippen LogP contribution in [0.4, 0.5) is 5.69 Å². The van der Waals surface area contributed by atoms with E-state index in [4.69, 9.17) is 4.74 Å². The van der Waals surface area contributed by atoms with Crippen LogP contribution in [0.1, 0.15) is 17.3 Å². The van der Waals surface area contributed by atoms with Crippen molar-refractivity contribution in [2.24, 2.45) is 0 Å². The fraction of sp³-hybridized carbons (Fsp3) is 0.214. The van der Waals surface area contributed by atoms with Gasteiger partial charge >= 0.3 is 5.97 Å². The predicted molar refractivity (Wildman–Crippen MR) is 73.8 cm³/mol. The van der Waals surface area contributed by atoms with E-state index in [2.05, 4.69) is 5.32 Å². The number of carbonyl (C=O) groups is 1. The Morgan fingerprint density at radius 2 is 2.06 bits per heavy atom. The highest BCUT2D eigenvalue weighted by Gasteiger charge is 2.17. The summed E-state index contributed by atoms with van der Waals surface area (Å²) in [5, 5.41) is 5.36. The molecule has 1 atom stereocenters. The molecule has 0 radical (unpaired) electrons. The van der Waals surface area contributed by atoms with Crippen LogP contribution in [0.3, 0.4) is 0 Å². The van der Waals surface area contributed by atoms with Crippen LogP contribution >= 0.6 is 11.3 Å². The summed E-state index contributed by atoms with van der Waals surface area (Å²) in [7, 11) is 1.41. The van der Waals surface area contributed by atoms with Crippen molar-refractivity contribution < 1.29 is 9.53 Å². The number of methoxy groups -OCH3 is 1. The second-order valence-corrected chi connectivity index (χ2v) is 4.84. The lowest BCUT2D eigenvalue weighted by Gasteiger charge is -2.17. The molecule has 0 saturated heterocycles. The van der Waals surface area contributed by atoms with Crippen molar-refractivity contribution in [3.05, 3.63) is 52.7 Å². The third-order valence-corrected chi connectivity index (χ3v) is 3.59. The molecule has 2 rings (SSSR count). The van der Waals surface area contributed by atoms with Crippen molar-refractivity contribution in [1.29, 1.82) is 0 Å². The number of para-hydroxylation sites is 1. The van der Waals surface area contributed by atoms with Gasteiger partial charge in [0.1, 0.15) is 0 Å². The zero-order chi connectivity index (χ0) is 12.8. The third-order valence-electron chi connectivity index (χ3n) is 2.60. The molecule has 0 aliphatic heterocycles. The van der Waals surface area contributed by atoms with E-state index in [9.17, 15) is 4.79 Å². The maximum Gasteiger partial charge on any atom is 0.307 e. The van der Waals surface area contributed by atoms with Crippen molar-refractivity contribution in [3.8, 4) is 0 Å². The first kappa shape index (κ1) is 12.6. The van der Waals surface area contributed by atoms with E-state index < -0.39 is 0 Å². The molecule has 94 valence electrons. The Balaban J connectivity index is 2.12. The van der Waals surface area contributed by atoms with E-state index in [0.717, 1.165) is 10.6 Å². The molecule has 18 heavy (non-hydrogen) atoms. The Morgan fingerprint density at radius 1 is 1.28 bits per heavy atom. The Bertz CT molecular complexity index is 482. The number of thiophene rings is 1. The molecule has 1 aromatic carbocycles. The molecule has 0 bridgehead atoms. The van der Waals surface area contributed by atoms with E-state index in [-0.39, 0.29) is 12.0 Å². The van der Waals surface area contributed by atoms with Crippen LogP contribution in [0.15, 0.2) is 47.8 Å². The van der Waals surface area contributed by atoms with Gasteiger partial charge in [-0.3, -0.25) is 4.79 Å². The van der Waals surface area contributed by atoms with Crippen molar-refractivity contribution in [3.63, 3.8) is 0 Å². The lowest BCUT2D eigenvalue weighted by molar-refractivity contribution is -0.140. The number of benzene rings is 1. The molecule has 4 heteroatoms. The van der Waals surface area contributed by atoms with Crippen molar-refractivity contribution >= 4 is 23.0 Å². The van der Waals surface area contributed by atoms with Gasteiger partial charge in [0.05, 0.1) is 19.6 Å². The molecule has 0 spiro atoms. The van der Waals surface area contributed by atoms with Gasteiger partial charge in [-0.25, -0.2) is 0 Å². The van der Waals surface area contributed by atoms with E-state index in [1.165, 1.54) is 7.11 Å². The van der Waals surface area contributed by atoms with Crippen LogP contribution in [0, 0.1) is 0 Å². The Hall–Kier alpha value is -1.81. The maximum absolute atomic E-state index is 11.5. The smallest absolute Gasteiger partial charge is 0.307 e. The third kappa shape index (κ3) is 3.34. The maximum atomic E-state index is 11.5. The molecule has 0 aliphatic rings. The molecule has 1 heterocycles. The summed E-state index contributed by atoms with van der Waals surface area (Å²) in [6.45, 7) is 0. The van der Waals surface area contributed by atoms with Gasteiger partial charge in [-0.1, -0.05) is 24.3 Å². The van der Waals surface area contributed by atoms with Gasteiger partial charge in [-0.2, -0.15) is 0 Å². The first-order chi connectivity index (χ1) is 8.79. The number of esters is 1. The van der Waals surface area contributed by atoms with Crippen LogP contribution in [0.2, 0.25) is 0 Å². The van der Waals surface area contributed by atoms with Gasteiger partial charge in [0, 0.05) is 10.6 Å². The van der Waals surface area contributed by atoms with Crippen LogP contribution < -0.4 is 5.32 Å². The molecule has 0 aliphatic carbocycles. The van der Waals surface area contributed by atoms with Gasteiger partial charge in [-0.15, -0.1) is 11.3 Å². The van der Waals surface area contributed by atoms with Gasteiger partial charge in [0.2, 0.25) is 0 Å². The fourth-order valence-electron chi connectivity index (χ4n) is 1.70. The summed E-state index contributed by atoms with van der Waals surface area (Å²) in [6.07, 6.45) is 0.325. The van der Waals surface area contributed by atoms with Gasteiger partial charge in [0.25, 0.3) is 0 Å². The minimum Gasteiger partial charge on any atom is -0.469 e. The van der Waals surface area contributed by atoms with Gasteiger partial charge in [-0.05, 0) is 23.6 Å². The number of rotatable bonds is 5. The second-order valence-electron chi connectivity index (χ2n) is 3.86. The monoisotopic (exact) mass is 261 g/mol. The number of anilines is 1. The second kappa shape index (κ2) is 6.21. The quantitative estimate of drug-likeness (QED) is 0.838. The molecule has 3 nitrogen and oxygen atoms in total. The number of ether oxygens (including phenoxy) is 1. The van der Waals surface area contributed by atoms with Gasteiger partial charge in [0.15, 0.2) is 0 Å². The van der Waals surface area contributed by atoms with E-state index >= 15 is 0 Å². The zero-order valence-corrected chi connectivity index (χ0v) is 10.9. The number of nitrogens with one attached hydrogen (secondary N) is 1. The lowest BCUT2D eigenvalue weighted by Crippen LogP contribution is -2.15. The Labute approximate surface area is 110 Å². The number of carbonyl (C=O) groups excluding carboxylic acids is 1. The van der Waals surface area contributed by atoms with Crippen molar-refractivity contribution in [2.45, 2.75) is 12.5 Å². The highest BCUT2D eigenvalue weighted by Crippen LogP contribution is 2.26. The number of hydrogen-bond donors (Lipinski definition) is 1. The topological polar surface area (TPSA) is 38.3 Å². The highest BCUT2D eigenvalue weighted by molar-refractivity contribution is 7.10. The van der Waals surface area contributed by atoms with Crippen molar-refractivity contribution in [2.75, 3.05) is 12.4 Å². The molecule has 2 aromatic rings. The highest BCUT2D eigenvalue weighted by atomic mass is 32.1. The summed E-state index contributed by atoms with van der Waals surface area (Å²) in [4.78, 5) is 12.6. The van der Waals surface area contributed by atoms with E-state index in [1.807, 2.05) is 47.8 Å². The lowest BCUT2D eigenvalue weighted by atomic mass is 10.1. The summed E-state index contributed by atoms with van der Waals surface area (Å²) < 4.78 is 4.74. The molecular formula is C14H15NO2S. The SMILES string of the molecule is COC(=O)CC(Nc1ccccc1)c1cccs1. The largest absolute Gasteiger partial charge is 0.469 e. The van der Waals surface area contributed by atoms with Gasteiger partial charge < -0.3 is 10.1 Å². The summed E-state index contributed by atoms with van der Waals surface area (Å²) >= 11 is 1.63. The first-order valence-electron chi connectivity index (χ1n) is 5.71. The molecule has 0 amide bonds. The molecule has 0 fully saturated rings. The standard InChI is InChI=1S/C14H15NO2S/c1-17-14(16)10-12(13-8-5-9-18-13)15-11-6-3-2-4-7-11/h2-9,12,15H,10H2,1H3. The summed E-state index contributed by atoms with van der Waals surface area (Å²) in [5.41, 5.74) is 1.000. The predicted octanol–water partition coefficient (Wildman–Crippen LogP) is 3.46. The average molecular weight is 261 g/mol. The Kier molecular flexibility index (Phi) is 4.36. The summed E-state index contributed by atoms with van der Waals surface area (Å²) in [5.74, 6) is -0.211. The average Bonchev–Trinajstić information content (AvgIpc) is 2.93. The molecule has 0 saturated carbocycles. The molecular weight excluding hydrogens is 246 g/mol. The zero-order valence-electron chi connectivity index (χ0n) is 10.1. The van der Waals surface area contributed by atoms with E-state index in [1.54, 1.807) is 11.3 Å². The van der Waals surface area contributed by atoms with Crippen LogP contribution in [0.5, 0.6) is 0 Å². The van der Waals surface area contributed by atoms with Crippen LogP contribution in [-0.2, 0) is 9.53 Å². The van der Waals surface area contributed by atoms with Crippen LogP contribution in [0.25, 0.3) is 0 Å². The minimum atomic E-state index is -0.211. The van der Waals surface area contributed by atoms with Crippen LogP contribution in [-0.4, -0.2) is 13.1 Å². The normalized spacial score (nSPS) is 11.8. The van der Waals surface area contributed by atoms with Crippen molar-refractivity contribution in [1.82, 2.24) is 0 Å². The molecule has 1 N–H and O–H groups in total. The summed E-state index contributed by atoms with van der Waals surface area (Å²) in [6, 6.07) is 13.8. The fourth-order valence-corrected chi connectivity index (χ4v) is 2.48. The van der Waals surface area contributed by atoms with E-state index in [0.29, 0.717) is 6.42 Å². The Morgan fingerprint density at radius 3 is 2.67 bits per heavy atom. The first-order valence-corrected chi connectivity index (χ1v) is 6.59. The minimum absolute atomic E-state index is 0.0418.